The number of carboxylic acid groups (broad SMARTS) is 2. The molecule has 1 aliphatic carbocycles. The van der Waals surface area contributed by atoms with Crippen LogP contribution in [0.15, 0.2) is 0 Å². The van der Waals surface area contributed by atoms with Crippen LogP contribution in [0.2, 0.25) is 0 Å². The van der Waals surface area contributed by atoms with Gasteiger partial charge < -0.3 is 15.5 Å². The summed E-state index contributed by atoms with van der Waals surface area (Å²) < 4.78 is 0. The number of nitrogens with one attached hydrogen (secondary N) is 1. The van der Waals surface area contributed by atoms with Crippen LogP contribution in [0.3, 0.4) is 0 Å². The summed E-state index contributed by atoms with van der Waals surface area (Å²) >= 11 is 0. The van der Waals surface area contributed by atoms with E-state index in [4.69, 9.17) is 10.2 Å². The summed E-state index contributed by atoms with van der Waals surface area (Å²) in [5.41, 5.74) is 0. The lowest BCUT2D eigenvalue weighted by Gasteiger charge is -2.11. The van der Waals surface area contributed by atoms with Crippen molar-refractivity contribution in [2.45, 2.75) is 25.8 Å². The van der Waals surface area contributed by atoms with E-state index in [0.717, 1.165) is 6.42 Å². The van der Waals surface area contributed by atoms with E-state index in [2.05, 4.69) is 5.32 Å². The molecule has 0 aromatic rings. The molecular formula is C9H13NO5. The number of rotatable bonds is 5. The van der Waals surface area contributed by atoms with Crippen molar-refractivity contribution in [3.05, 3.63) is 0 Å². The Labute approximate surface area is 86.3 Å². The second-order valence-electron chi connectivity index (χ2n) is 3.82. The van der Waals surface area contributed by atoms with Crippen LogP contribution in [0.4, 0.5) is 0 Å². The number of carbonyl (C=O) groups is 3. The summed E-state index contributed by atoms with van der Waals surface area (Å²) in [7, 11) is 0. The fourth-order valence-corrected chi connectivity index (χ4v) is 1.34. The maximum atomic E-state index is 11.3. The Morgan fingerprint density at radius 1 is 1.40 bits per heavy atom. The second kappa shape index (κ2) is 4.29. The maximum absolute atomic E-state index is 11.3. The predicted octanol–water partition coefficient (Wildman–Crippen LogP) is -0.313. The van der Waals surface area contributed by atoms with Crippen molar-refractivity contribution in [3.63, 3.8) is 0 Å². The first-order valence-electron chi connectivity index (χ1n) is 4.66. The molecule has 1 saturated carbocycles. The van der Waals surface area contributed by atoms with Crippen molar-refractivity contribution in [1.29, 1.82) is 0 Å². The van der Waals surface area contributed by atoms with Crippen LogP contribution in [0, 0.1) is 11.8 Å². The van der Waals surface area contributed by atoms with E-state index in [0.29, 0.717) is 0 Å². The standard InChI is InChI=1S/C9H13NO5/c1-4-2-5(4)8(13)10-6(9(14)15)3-7(11)12/h4-6H,2-3H2,1H3,(H,10,13)(H,11,12)(H,14,15)/t4?,5?,6-/m0/s1. The maximum Gasteiger partial charge on any atom is 0.326 e. The van der Waals surface area contributed by atoms with Crippen molar-refractivity contribution in [2.24, 2.45) is 11.8 Å². The van der Waals surface area contributed by atoms with E-state index in [1.807, 2.05) is 6.92 Å². The molecule has 6 heteroatoms. The number of amides is 1. The Bertz CT molecular complexity index is 301. The molecule has 0 aromatic carbocycles. The van der Waals surface area contributed by atoms with Crippen LogP contribution in [0.25, 0.3) is 0 Å². The third-order valence-electron chi connectivity index (χ3n) is 2.44. The van der Waals surface area contributed by atoms with Gasteiger partial charge >= 0.3 is 11.9 Å². The van der Waals surface area contributed by atoms with Crippen LogP contribution >= 0.6 is 0 Å². The number of hydrogen-bond acceptors (Lipinski definition) is 3. The number of carboxylic acids is 2. The molecule has 0 saturated heterocycles. The zero-order chi connectivity index (χ0) is 11.6. The molecule has 1 amide bonds. The Balaban J connectivity index is 2.47. The van der Waals surface area contributed by atoms with Gasteiger partial charge in [0.1, 0.15) is 6.04 Å². The van der Waals surface area contributed by atoms with Gasteiger partial charge in [-0.15, -0.1) is 0 Å². The van der Waals surface area contributed by atoms with E-state index in [9.17, 15) is 14.4 Å². The highest BCUT2D eigenvalue weighted by Crippen LogP contribution is 2.37. The van der Waals surface area contributed by atoms with E-state index in [-0.39, 0.29) is 17.7 Å². The van der Waals surface area contributed by atoms with Gasteiger partial charge in [-0.1, -0.05) is 6.92 Å². The van der Waals surface area contributed by atoms with Gasteiger partial charge in [-0.2, -0.15) is 0 Å². The summed E-state index contributed by atoms with van der Waals surface area (Å²) in [4.78, 5) is 32.3. The molecule has 1 rings (SSSR count). The first-order chi connectivity index (χ1) is 6.91. The molecule has 15 heavy (non-hydrogen) atoms. The quantitative estimate of drug-likeness (QED) is 0.583. The molecule has 0 heterocycles. The highest BCUT2D eigenvalue weighted by Gasteiger charge is 2.40. The molecule has 84 valence electrons. The summed E-state index contributed by atoms with van der Waals surface area (Å²) in [5, 5.41) is 19.3. The van der Waals surface area contributed by atoms with Crippen LogP contribution in [0.1, 0.15) is 19.8 Å². The topological polar surface area (TPSA) is 104 Å². The zero-order valence-electron chi connectivity index (χ0n) is 8.27. The summed E-state index contributed by atoms with van der Waals surface area (Å²) in [6, 6.07) is -1.33. The Morgan fingerprint density at radius 3 is 2.27 bits per heavy atom. The van der Waals surface area contributed by atoms with Crippen LogP contribution in [0.5, 0.6) is 0 Å². The average Bonchev–Trinajstić information content (AvgIpc) is 2.80. The molecule has 6 nitrogen and oxygen atoms in total. The third-order valence-corrected chi connectivity index (χ3v) is 2.44. The molecule has 1 aliphatic rings. The fraction of sp³-hybridized carbons (Fsp3) is 0.667. The largest absolute Gasteiger partial charge is 0.481 e. The van der Waals surface area contributed by atoms with Gasteiger partial charge in [-0.25, -0.2) is 4.79 Å². The van der Waals surface area contributed by atoms with E-state index >= 15 is 0 Å². The Hall–Kier alpha value is -1.59. The fourth-order valence-electron chi connectivity index (χ4n) is 1.34. The molecule has 0 aliphatic heterocycles. The van der Waals surface area contributed by atoms with Gasteiger partial charge in [0.25, 0.3) is 0 Å². The minimum atomic E-state index is -1.33. The second-order valence-corrected chi connectivity index (χ2v) is 3.82. The molecule has 2 unspecified atom stereocenters. The number of hydrogen-bond donors (Lipinski definition) is 3. The van der Waals surface area contributed by atoms with Crippen LogP contribution < -0.4 is 5.32 Å². The lowest BCUT2D eigenvalue weighted by molar-refractivity contribution is -0.147. The third kappa shape index (κ3) is 3.23. The summed E-state index contributed by atoms with van der Waals surface area (Å²) in [5.74, 6) is -2.81. The van der Waals surface area contributed by atoms with Crippen molar-refractivity contribution in [3.8, 4) is 0 Å². The highest BCUT2D eigenvalue weighted by atomic mass is 16.4. The lowest BCUT2D eigenvalue weighted by atomic mass is 10.2. The Kier molecular flexibility index (Phi) is 3.28. The van der Waals surface area contributed by atoms with Crippen LogP contribution in [-0.2, 0) is 14.4 Å². The molecule has 0 bridgehead atoms. The van der Waals surface area contributed by atoms with Crippen molar-refractivity contribution < 1.29 is 24.6 Å². The lowest BCUT2D eigenvalue weighted by Crippen LogP contribution is -2.43. The number of carbonyl (C=O) groups excluding carboxylic acids is 1. The van der Waals surface area contributed by atoms with E-state index < -0.39 is 24.4 Å². The van der Waals surface area contributed by atoms with Crippen LogP contribution in [-0.4, -0.2) is 34.1 Å². The van der Waals surface area contributed by atoms with E-state index in [1.165, 1.54) is 0 Å². The first-order valence-corrected chi connectivity index (χ1v) is 4.66. The van der Waals surface area contributed by atoms with Crippen molar-refractivity contribution in [2.75, 3.05) is 0 Å². The van der Waals surface area contributed by atoms with Gasteiger partial charge in [0, 0.05) is 5.92 Å². The smallest absolute Gasteiger partial charge is 0.326 e. The van der Waals surface area contributed by atoms with Gasteiger partial charge in [0.05, 0.1) is 6.42 Å². The minimum Gasteiger partial charge on any atom is -0.481 e. The molecule has 0 spiro atoms. The molecule has 3 atom stereocenters. The predicted molar refractivity (Wildman–Crippen MR) is 49.1 cm³/mol. The minimum absolute atomic E-state index is 0.152. The summed E-state index contributed by atoms with van der Waals surface area (Å²) in [6.07, 6.45) is 0.146. The highest BCUT2D eigenvalue weighted by molar-refractivity contribution is 5.88. The number of aliphatic carboxylic acids is 2. The molecular weight excluding hydrogens is 202 g/mol. The van der Waals surface area contributed by atoms with Crippen molar-refractivity contribution >= 4 is 17.8 Å². The normalized spacial score (nSPS) is 25.4. The molecule has 0 radical (unpaired) electrons. The Morgan fingerprint density at radius 2 is 1.93 bits per heavy atom. The van der Waals surface area contributed by atoms with Gasteiger partial charge in [0.15, 0.2) is 0 Å². The average molecular weight is 215 g/mol. The first kappa shape index (κ1) is 11.5. The van der Waals surface area contributed by atoms with Gasteiger partial charge in [-0.05, 0) is 12.3 Å². The molecule has 3 N–H and O–H groups in total. The SMILES string of the molecule is CC1CC1C(=O)N[C@@H](CC(=O)O)C(=O)O. The van der Waals surface area contributed by atoms with Gasteiger partial charge in [0.2, 0.25) is 5.91 Å². The van der Waals surface area contributed by atoms with Gasteiger partial charge in [-0.3, -0.25) is 9.59 Å². The zero-order valence-corrected chi connectivity index (χ0v) is 8.27. The molecule has 1 fully saturated rings. The molecule has 0 aromatic heterocycles. The summed E-state index contributed by atoms with van der Waals surface area (Å²) in [6.45, 7) is 1.89. The van der Waals surface area contributed by atoms with E-state index in [1.54, 1.807) is 0 Å². The monoisotopic (exact) mass is 215 g/mol. The van der Waals surface area contributed by atoms with Crippen molar-refractivity contribution in [1.82, 2.24) is 5.32 Å².